The van der Waals surface area contributed by atoms with E-state index in [4.69, 9.17) is 5.73 Å². The molecule has 0 saturated heterocycles. The fraction of sp³-hybridized carbons (Fsp3) is 1.00. The standard InChI is InChI=1S/C7H16N2O2S/c1-9(12(2,10)11)7(5-8)6-3-4-6/h6-7H,3-5,8H2,1-2H3. The Morgan fingerprint density at radius 2 is 2.08 bits per heavy atom. The Kier molecular flexibility index (Phi) is 2.75. The van der Waals surface area contributed by atoms with Crippen molar-refractivity contribution in [1.82, 2.24) is 4.31 Å². The fourth-order valence-electron chi connectivity index (χ4n) is 1.36. The Bertz CT molecular complexity index is 246. The van der Waals surface area contributed by atoms with Crippen LogP contribution < -0.4 is 5.73 Å². The Balaban J connectivity index is 2.65. The molecule has 1 unspecified atom stereocenters. The predicted octanol–water partition coefficient (Wildman–Crippen LogP) is -0.385. The summed E-state index contributed by atoms with van der Waals surface area (Å²) in [4.78, 5) is 0. The molecule has 0 heterocycles. The van der Waals surface area contributed by atoms with Gasteiger partial charge in [0, 0.05) is 19.6 Å². The highest BCUT2D eigenvalue weighted by Crippen LogP contribution is 2.35. The second-order valence-corrected chi connectivity index (χ2v) is 5.46. The lowest BCUT2D eigenvalue weighted by molar-refractivity contribution is 0.343. The molecule has 0 bridgehead atoms. The first-order valence-corrected chi connectivity index (χ1v) is 5.94. The van der Waals surface area contributed by atoms with Gasteiger partial charge in [0.05, 0.1) is 6.26 Å². The van der Waals surface area contributed by atoms with Gasteiger partial charge in [-0.2, -0.15) is 0 Å². The molecule has 1 atom stereocenters. The molecule has 0 aromatic carbocycles. The minimum absolute atomic E-state index is 0.0139. The molecule has 1 saturated carbocycles. The predicted molar refractivity (Wildman–Crippen MR) is 48.2 cm³/mol. The maximum Gasteiger partial charge on any atom is 0.211 e. The first-order chi connectivity index (χ1) is 5.46. The summed E-state index contributed by atoms with van der Waals surface area (Å²) in [5.74, 6) is 0.495. The molecule has 1 aliphatic carbocycles. The average molecular weight is 192 g/mol. The van der Waals surface area contributed by atoms with Gasteiger partial charge in [0.1, 0.15) is 0 Å². The van der Waals surface area contributed by atoms with Crippen LogP contribution in [0.1, 0.15) is 12.8 Å². The largest absolute Gasteiger partial charge is 0.329 e. The zero-order valence-electron chi connectivity index (χ0n) is 7.53. The Labute approximate surface area is 73.8 Å². The summed E-state index contributed by atoms with van der Waals surface area (Å²) in [7, 11) is -1.46. The van der Waals surface area contributed by atoms with E-state index in [1.807, 2.05) is 0 Å². The van der Waals surface area contributed by atoms with E-state index in [1.165, 1.54) is 10.6 Å². The number of nitrogens with zero attached hydrogens (tertiary/aromatic N) is 1. The molecule has 0 aromatic rings. The fourth-order valence-corrected chi connectivity index (χ4v) is 2.11. The van der Waals surface area contributed by atoms with E-state index in [9.17, 15) is 8.42 Å². The molecule has 0 aliphatic heterocycles. The van der Waals surface area contributed by atoms with Crippen LogP contribution in [0.2, 0.25) is 0 Å². The van der Waals surface area contributed by atoms with Gasteiger partial charge in [-0.15, -0.1) is 0 Å². The smallest absolute Gasteiger partial charge is 0.211 e. The maximum atomic E-state index is 11.1. The Hall–Kier alpha value is -0.130. The third-order valence-electron chi connectivity index (χ3n) is 2.40. The molecular weight excluding hydrogens is 176 g/mol. The van der Waals surface area contributed by atoms with E-state index >= 15 is 0 Å². The highest BCUT2D eigenvalue weighted by molar-refractivity contribution is 7.88. The topological polar surface area (TPSA) is 63.4 Å². The third kappa shape index (κ3) is 2.18. The van der Waals surface area contributed by atoms with Gasteiger partial charge in [0.2, 0.25) is 10.0 Å². The van der Waals surface area contributed by atoms with Crippen molar-refractivity contribution in [3.8, 4) is 0 Å². The Morgan fingerprint density at radius 1 is 1.58 bits per heavy atom. The molecule has 0 aromatic heterocycles. The molecule has 1 aliphatic rings. The van der Waals surface area contributed by atoms with Crippen LogP contribution in [0.5, 0.6) is 0 Å². The van der Waals surface area contributed by atoms with E-state index in [2.05, 4.69) is 0 Å². The van der Waals surface area contributed by atoms with Crippen molar-refractivity contribution in [2.24, 2.45) is 11.7 Å². The number of hydrogen-bond acceptors (Lipinski definition) is 3. The Morgan fingerprint density at radius 3 is 2.33 bits per heavy atom. The molecule has 2 N–H and O–H groups in total. The minimum Gasteiger partial charge on any atom is -0.329 e. The van der Waals surface area contributed by atoms with Crippen molar-refractivity contribution in [3.05, 3.63) is 0 Å². The SMILES string of the molecule is CN(C(CN)C1CC1)S(C)(=O)=O. The van der Waals surface area contributed by atoms with Crippen molar-refractivity contribution >= 4 is 10.0 Å². The van der Waals surface area contributed by atoms with Gasteiger partial charge in [-0.3, -0.25) is 0 Å². The second-order valence-electron chi connectivity index (χ2n) is 3.42. The number of sulfonamides is 1. The molecule has 12 heavy (non-hydrogen) atoms. The van der Waals surface area contributed by atoms with Crippen LogP contribution in [0, 0.1) is 5.92 Å². The summed E-state index contributed by atoms with van der Waals surface area (Å²) < 4.78 is 23.7. The molecule has 1 rings (SSSR count). The zero-order chi connectivity index (χ0) is 9.35. The summed E-state index contributed by atoms with van der Waals surface area (Å²) in [5, 5.41) is 0. The van der Waals surface area contributed by atoms with Gasteiger partial charge in [0.25, 0.3) is 0 Å². The zero-order valence-corrected chi connectivity index (χ0v) is 8.34. The monoisotopic (exact) mass is 192 g/mol. The van der Waals surface area contributed by atoms with E-state index < -0.39 is 10.0 Å². The van der Waals surface area contributed by atoms with Crippen LogP contribution in [0.4, 0.5) is 0 Å². The number of likely N-dealkylation sites (N-methyl/N-ethyl adjacent to an activating group) is 1. The van der Waals surface area contributed by atoms with E-state index in [-0.39, 0.29) is 6.04 Å². The first-order valence-electron chi connectivity index (χ1n) is 4.10. The summed E-state index contributed by atoms with van der Waals surface area (Å²) in [6.45, 7) is 0.425. The van der Waals surface area contributed by atoms with Gasteiger partial charge >= 0.3 is 0 Å². The van der Waals surface area contributed by atoms with Crippen LogP contribution in [0.3, 0.4) is 0 Å². The minimum atomic E-state index is -3.07. The quantitative estimate of drug-likeness (QED) is 0.660. The average Bonchev–Trinajstić information content (AvgIpc) is 2.70. The first kappa shape index (κ1) is 9.95. The lowest BCUT2D eigenvalue weighted by atomic mass is 10.2. The van der Waals surface area contributed by atoms with Crippen LogP contribution >= 0.6 is 0 Å². The van der Waals surface area contributed by atoms with Crippen LogP contribution in [0.15, 0.2) is 0 Å². The number of rotatable bonds is 4. The molecule has 5 heteroatoms. The van der Waals surface area contributed by atoms with Gasteiger partial charge in [0.15, 0.2) is 0 Å². The molecule has 4 nitrogen and oxygen atoms in total. The van der Waals surface area contributed by atoms with Gasteiger partial charge < -0.3 is 5.73 Å². The van der Waals surface area contributed by atoms with Crippen molar-refractivity contribution in [1.29, 1.82) is 0 Å². The summed E-state index contributed by atoms with van der Waals surface area (Å²) in [6, 6.07) is 0.0139. The molecule has 0 radical (unpaired) electrons. The van der Waals surface area contributed by atoms with Crippen molar-refractivity contribution in [3.63, 3.8) is 0 Å². The van der Waals surface area contributed by atoms with Gasteiger partial charge in [-0.1, -0.05) is 0 Å². The van der Waals surface area contributed by atoms with Crippen LogP contribution in [-0.4, -0.2) is 38.6 Å². The van der Waals surface area contributed by atoms with Crippen molar-refractivity contribution in [2.75, 3.05) is 19.8 Å². The van der Waals surface area contributed by atoms with Gasteiger partial charge in [-0.25, -0.2) is 12.7 Å². The second kappa shape index (κ2) is 3.32. The van der Waals surface area contributed by atoms with E-state index in [0.29, 0.717) is 12.5 Å². The number of nitrogens with two attached hydrogens (primary N) is 1. The lowest BCUT2D eigenvalue weighted by Crippen LogP contribution is -2.42. The van der Waals surface area contributed by atoms with Crippen molar-refractivity contribution < 1.29 is 8.42 Å². The highest BCUT2D eigenvalue weighted by Gasteiger charge is 2.35. The molecule has 0 spiro atoms. The molecule has 0 amide bonds. The molecule has 72 valence electrons. The van der Waals surface area contributed by atoms with E-state index in [1.54, 1.807) is 7.05 Å². The molecule has 1 fully saturated rings. The van der Waals surface area contributed by atoms with Crippen LogP contribution in [0.25, 0.3) is 0 Å². The highest BCUT2D eigenvalue weighted by atomic mass is 32.2. The maximum absolute atomic E-state index is 11.1. The van der Waals surface area contributed by atoms with E-state index in [0.717, 1.165) is 12.8 Å². The summed E-state index contributed by atoms with van der Waals surface area (Å²) in [5.41, 5.74) is 5.51. The summed E-state index contributed by atoms with van der Waals surface area (Å²) >= 11 is 0. The lowest BCUT2D eigenvalue weighted by Gasteiger charge is -2.24. The van der Waals surface area contributed by atoms with Crippen molar-refractivity contribution in [2.45, 2.75) is 18.9 Å². The third-order valence-corrected chi connectivity index (χ3v) is 3.71. The van der Waals surface area contributed by atoms with Gasteiger partial charge in [-0.05, 0) is 18.8 Å². The number of hydrogen-bond donors (Lipinski definition) is 1. The summed E-state index contributed by atoms with van der Waals surface area (Å²) in [6.07, 6.45) is 3.45. The normalized spacial score (nSPS) is 21.3. The van der Waals surface area contributed by atoms with Crippen LogP contribution in [-0.2, 0) is 10.0 Å². The molecular formula is C7H16N2O2S.